The van der Waals surface area contributed by atoms with Crippen molar-refractivity contribution in [3.63, 3.8) is 0 Å². The van der Waals surface area contributed by atoms with Crippen LogP contribution in [0.2, 0.25) is 0 Å². The van der Waals surface area contributed by atoms with Crippen LogP contribution in [0, 0.1) is 0 Å². The van der Waals surface area contributed by atoms with Crippen LogP contribution in [0.4, 0.5) is 0 Å². The van der Waals surface area contributed by atoms with Gasteiger partial charge in [0.15, 0.2) is 0 Å². The first kappa shape index (κ1) is 10.5. The fraction of sp³-hybridized carbons (Fsp3) is 0.400. The van der Waals surface area contributed by atoms with E-state index in [0.29, 0.717) is 5.56 Å². The van der Waals surface area contributed by atoms with Crippen LogP contribution in [0.3, 0.4) is 0 Å². The normalized spacial score (nSPS) is 39.9. The average Bonchev–Trinajstić information content (AvgIpc) is 2.29. The molecular formula is C10H12O5. The Morgan fingerprint density at radius 2 is 1.87 bits per heavy atom. The number of aliphatic hydroxyl groups is 3. The van der Waals surface area contributed by atoms with Crippen LogP contribution in [0.1, 0.15) is 5.56 Å². The van der Waals surface area contributed by atoms with E-state index >= 15 is 0 Å². The van der Waals surface area contributed by atoms with Crippen molar-refractivity contribution in [3.05, 3.63) is 35.9 Å². The highest BCUT2D eigenvalue weighted by Crippen LogP contribution is 2.47. The molecule has 0 aromatic heterocycles. The van der Waals surface area contributed by atoms with Gasteiger partial charge in [0.2, 0.25) is 6.29 Å². The second-order valence-corrected chi connectivity index (χ2v) is 3.38. The van der Waals surface area contributed by atoms with Gasteiger partial charge in [-0.05, 0) is 0 Å². The lowest BCUT2D eigenvalue weighted by Gasteiger charge is -2.53. The standard InChI is InChI=1S/C10H12O5/c1-14-10(13)8(11)15-9(10,12)7-5-3-2-4-6-7/h2-6,8,11-13H,1H3. The molecule has 0 bridgehead atoms. The minimum absolute atomic E-state index is 0.319. The van der Waals surface area contributed by atoms with Crippen molar-refractivity contribution in [2.75, 3.05) is 7.11 Å². The summed E-state index contributed by atoms with van der Waals surface area (Å²) in [5.74, 6) is -4.16. The summed E-state index contributed by atoms with van der Waals surface area (Å²) in [7, 11) is 1.18. The number of aliphatic hydroxyl groups excluding tert-OH is 1. The molecule has 3 N–H and O–H groups in total. The molecule has 0 amide bonds. The van der Waals surface area contributed by atoms with Gasteiger partial charge in [-0.15, -0.1) is 0 Å². The lowest BCUT2D eigenvalue weighted by atomic mass is 9.91. The Balaban J connectivity index is 2.38. The molecule has 1 fully saturated rings. The number of ether oxygens (including phenoxy) is 2. The van der Waals surface area contributed by atoms with Gasteiger partial charge in [-0.2, -0.15) is 0 Å². The summed E-state index contributed by atoms with van der Waals surface area (Å²) in [5.41, 5.74) is 0.319. The second-order valence-electron chi connectivity index (χ2n) is 3.38. The second kappa shape index (κ2) is 3.26. The number of rotatable bonds is 2. The summed E-state index contributed by atoms with van der Waals surface area (Å²) < 4.78 is 9.44. The Kier molecular flexibility index (Phi) is 2.29. The molecule has 3 atom stereocenters. The number of methoxy groups -OCH3 is 1. The van der Waals surface area contributed by atoms with E-state index in [4.69, 9.17) is 4.74 Å². The zero-order valence-corrected chi connectivity index (χ0v) is 8.12. The molecule has 5 nitrogen and oxygen atoms in total. The van der Waals surface area contributed by atoms with E-state index in [-0.39, 0.29) is 0 Å². The molecular weight excluding hydrogens is 200 g/mol. The molecule has 2 rings (SSSR count). The Morgan fingerprint density at radius 1 is 1.27 bits per heavy atom. The van der Waals surface area contributed by atoms with Crippen LogP contribution in [0.15, 0.2) is 30.3 Å². The topological polar surface area (TPSA) is 79.2 Å². The third-order valence-electron chi connectivity index (χ3n) is 2.58. The van der Waals surface area contributed by atoms with Crippen LogP contribution in [0.5, 0.6) is 0 Å². The highest BCUT2D eigenvalue weighted by atomic mass is 16.8. The van der Waals surface area contributed by atoms with Crippen molar-refractivity contribution in [2.24, 2.45) is 0 Å². The predicted molar refractivity (Wildman–Crippen MR) is 49.4 cm³/mol. The van der Waals surface area contributed by atoms with E-state index in [9.17, 15) is 15.3 Å². The zero-order valence-electron chi connectivity index (χ0n) is 8.12. The summed E-state index contributed by atoms with van der Waals surface area (Å²) in [4.78, 5) is 0. The minimum Gasteiger partial charge on any atom is -0.363 e. The van der Waals surface area contributed by atoms with E-state index in [2.05, 4.69) is 4.74 Å². The number of hydrogen-bond donors (Lipinski definition) is 3. The smallest absolute Gasteiger partial charge is 0.278 e. The van der Waals surface area contributed by atoms with Crippen LogP contribution in [-0.4, -0.2) is 34.5 Å². The lowest BCUT2D eigenvalue weighted by Crippen LogP contribution is -2.73. The van der Waals surface area contributed by atoms with Gasteiger partial charge in [-0.3, -0.25) is 0 Å². The molecule has 82 valence electrons. The van der Waals surface area contributed by atoms with Crippen molar-refractivity contribution in [1.29, 1.82) is 0 Å². The fourth-order valence-corrected chi connectivity index (χ4v) is 1.61. The van der Waals surface area contributed by atoms with Gasteiger partial charge in [-0.25, -0.2) is 0 Å². The van der Waals surface area contributed by atoms with Crippen molar-refractivity contribution < 1.29 is 24.8 Å². The molecule has 1 saturated heterocycles. The van der Waals surface area contributed by atoms with Crippen molar-refractivity contribution in [3.8, 4) is 0 Å². The molecule has 3 unspecified atom stereocenters. The molecule has 1 aromatic carbocycles. The van der Waals surface area contributed by atoms with Crippen molar-refractivity contribution >= 4 is 0 Å². The van der Waals surface area contributed by atoms with Gasteiger partial charge in [0, 0.05) is 12.7 Å². The molecule has 0 spiro atoms. The summed E-state index contributed by atoms with van der Waals surface area (Å²) >= 11 is 0. The third-order valence-corrected chi connectivity index (χ3v) is 2.58. The molecule has 0 saturated carbocycles. The Morgan fingerprint density at radius 3 is 2.33 bits per heavy atom. The molecule has 1 aromatic rings. The first-order valence-electron chi connectivity index (χ1n) is 4.46. The van der Waals surface area contributed by atoms with Gasteiger partial charge in [-0.1, -0.05) is 30.3 Å². The number of benzene rings is 1. The van der Waals surface area contributed by atoms with Crippen molar-refractivity contribution in [1.82, 2.24) is 0 Å². The van der Waals surface area contributed by atoms with Crippen LogP contribution >= 0.6 is 0 Å². The lowest BCUT2D eigenvalue weighted by molar-refractivity contribution is -0.552. The molecule has 5 heteroatoms. The summed E-state index contributed by atoms with van der Waals surface area (Å²) in [6, 6.07) is 8.24. The number of hydrogen-bond acceptors (Lipinski definition) is 5. The monoisotopic (exact) mass is 212 g/mol. The van der Waals surface area contributed by atoms with E-state index in [1.807, 2.05) is 0 Å². The quantitative estimate of drug-likeness (QED) is 0.577. The highest BCUT2D eigenvalue weighted by molar-refractivity contribution is 5.25. The van der Waals surface area contributed by atoms with E-state index in [1.165, 1.54) is 7.11 Å². The van der Waals surface area contributed by atoms with E-state index < -0.39 is 17.9 Å². The van der Waals surface area contributed by atoms with Crippen LogP contribution < -0.4 is 0 Å². The first-order chi connectivity index (χ1) is 7.04. The molecule has 1 aliphatic heterocycles. The maximum atomic E-state index is 10.0. The predicted octanol–water partition coefficient (Wildman–Crippen LogP) is -0.485. The van der Waals surface area contributed by atoms with E-state index in [1.54, 1.807) is 30.3 Å². The van der Waals surface area contributed by atoms with Crippen LogP contribution in [0.25, 0.3) is 0 Å². The van der Waals surface area contributed by atoms with Gasteiger partial charge < -0.3 is 24.8 Å². The van der Waals surface area contributed by atoms with Gasteiger partial charge in [0.1, 0.15) is 0 Å². The first-order valence-corrected chi connectivity index (χ1v) is 4.46. The molecule has 1 aliphatic rings. The Bertz CT molecular complexity index is 354. The SMILES string of the molecule is COC1(O)C(O)OC1(O)c1ccccc1. The maximum Gasteiger partial charge on any atom is 0.278 e. The van der Waals surface area contributed by atoms with Crippen LogP contribution in [-0.2, 0) is 15.3 Å². The molecule has 0 aliphatic carbocycles. The van der Waals surface area contributed by atoms with Gasteiger partial charge in [0.25, 0.3) is 11.6 Å². The maximum absolute atomic E-state index is 10.0. The summed E-state index contributed by atoms with van der Waals surface area (Å²) in [6.45, 7) is 0. The highest BCUT2D eigenvalue weighted by Gasteiger charge is 2.69. The summed E-state index contributed by atoms with van der Waals surface area (Å²) in [5, 5.41) is 29.0. The van der Waals surface area contributed by atoms with E-state index in [0.717, 1.165) is 0 Å². The molecule has 0 radical (unpaired) electrons. The molecule has 15 heavy (non-hydrogen) atoms. The van der Waals surface area contributed by atoms with Crippen molar-refractivity contribution in [2.45, 2.75) is 17.9 Å². The third kappa shape index (κ3) is 1.22. The minimum atomic E-state index is -2.13. The summed E-state index contributed by atoms with van der Waals surface area (Å²) in [6.07, 6.45) is -1.56. The Labute approximate surface area is 86.5 Å². The average molecular weight is 212 g/mol. The zero-order chi connectivity index (χ0) is 11.1. The van der Waals surface area contributed by atoms with Gasteiger partial charge >= 0.3 is 0 Å². The Hall–Kier alpha value is -0.980. The molecule has 1 heterocycles. The van der Waals surface area contributed by atoms with Gasteiger partial charge in [0.05, 0.1) is 0 Å². The fourth-order valence-electron chi connectivity index (χ4n) is 1.61. The largest absolute Gasteiger partial charge is 0.363 e.